The number of carbonyl (C=O) groups is 1. The van der Waals surface area contributed by atoms with Crippen LogP contribution in [0, 0.1) is 0 Å². The summed E-state index contributed by atoms with van der Waals surface area (Å²) in [6.45, 7) is 6.24. The van der Waals surface area contributed by atoms with Crippen molar-refractivity contribution in [3.63, 3.8) is 0 Å². The molecule has 4 rings (SSSR count). The first-order valence-corrected chi connectivity index (χ1v) is 13.1. The number of nitrogens with one attached hydrogen (secondary N) is 2. The predicted octanol–water partition coefficient (Wildman–Crippen LogP) is 4.33. The Morgan fingerprint density at radius 3 is 2.69 bits per heavy atom. The van der Waals surface area contributed by atoms with Crippen LogP contribution in [0.3, 0.4) is 0 Å². The summed E-state index contributed by atoms with van der Waals surface area (Å²) < 4.78 is 2.66. The minimum Gasteiger partial charge on any atom is -0.394 e. The van der Waals surface area contributed by atoms with Gasteiger partial charge in [0, 0.05) is 23.7 Å². The number of hydrogen-bond donors (Lipinski definition) is 4. The third-order valence-electron chi connectivity index (χ3n) is 6.46. The van der Waals surface area contributed by atoms with Crippen molar-refractivity contribution in [2.45, 2.75) is 45.3 Å². The van der Waals surface area contributed by atoms with Gasteiger partial charge >= 0.3 is 0 Å². The second kappa shape index (κ2) is 10.9. The van der Waals surface area contributed by atoms with E-state index in [-0.39, 0.29) is 41.4 Å². The molecule has 10 heteroatoms. The fraction of sp³-hybridized carbons (Fsp3) is 0.346. The highest BCUT2D eigenvalue weighted by Crippen LogP contribution is 2.36. The molecule has 2 heterocycles. The molecule has 0 saturated heterocycles. The Bertz CT molecular complexity index is 1330. The predicted molar refractivity (Wildman–Crippen MR) is 146 cm³/mol. The molecule has 2 aromatic carbocycles. The highest BCUT2D eigenvalue weighted by Gasteiger charge is 2.31. The number of aliphatic imine (C=N–C) groups is 1. The quantitative estimate of drug-likeness (QED) is 0.197. The van der Waals surface area contributed by atoms with Crippen molar-refractivity contribution in [3.05, 3.63) is 80.6 Å². The van der Waals surface area contributed by atoms with Gasteiger partial charge in [0.2, 0.25) is 0 Å². The van der Waals surface area contributed by atoms with Crippen LogP contribution in [0.2, 0.25) is 0 Å². The van der Waals surface area contributed by atoms with Crippen molar-refractivity contribution >= 4 is 45.6 Å². The summed E-state index contributed by atoms with van der Waals surface area (Å²) in [5.41, 5.74) is 10.7. The van der Waals surface area contributed by atoms with E-state index in [1.54, 1.807) is 31.2 Å². The Morgan fingerprint density at radius 2 is 2.03 bits per heavy atom. The highest BCUT2D eigenvalue weighted by molar-refractivity contribution is 7.10. The number of benzene rings is 2. The van der Waals surface area contributed by atoms with Gasteiger partial charge in [-0.25, -0.2) is 0 Å². The van der Waals surface area contributed by atoms with Crippen LogP contribution in [0.5, 0.6) is 0 Å². The molecule has 8 nitrogen and oxygen atoms in total. The number of amides is 1. The van der Waals surface area contributed by atoms with Crippen LogP contribution < -0.4 is 16.6 Å². The van der Waals surface area contributed by atoms with Crippen molar-refractivity contribution in [2.75, 3.05) is 17.8 Å². The minimum absolute atomic E-state index is 0.0314. The van der Waals surface area contributed by atoms with Gasteiger partial charge in [-0.3, -0.25) is 19.0 Å². The number of nitrogens with zero attached hydrogens (tertiary/aromatic N) is 2. The maximum atomic E-state index is 13.3. The number of aromatic amines is 1. The summed E-state index contributed by atoms with van der Waals surface area (Å²) in [7, 11) is 0. The van der Waals surface area contributed by atoms with E-state index in [1.807, 2.05) is 11.8 Å². The molecular formula is C26H30ClN5O3S. The average molecular weight is 528 g/mol. The maximum Gasteiger partial charge on any atom is 0.271 e. The van der Waals surface area contributed by atoms with Gasteiger partial charge in [0.1, 0.15) is 16.4 Å². The van der Waals surface area contributed by atoms with Crippen LogP contribution >= 0.6 is 23.1 Å². The van der Waals surface area contributed by atoms with Gasteiger partial charge in [0.25, 0.3) is 11.5 Å². The molecule has 3 unspecified atom stereocenters. The van der Waals surface area contributed by atoms with Gasteiger partial charge in [0.05, 0.1) is 18.7 Å². The van der Waals surface area contributed by atoms with Crippen molar-refractivity contribution in [2.24, 2.45) is 10.7 Å². The Labute approximate surface area is 219 Å². The zero-order valence-corrected chi connectivity index (χ0v) is 22.0. The van der Waals surface area contributed by atoms with Crippen LogP contribution in [-0.2, 0) is 6.54 Å². The molecule has 0 saturated carbocycles. The molecule has 1 aliphatic rings. The Hall–Kier alpha value is -3.14. The van der Waals surface area contributed by atoms with Crippen molar-refractivity contribution in [1.82, 2.24) is 9.27 Å². The van der Waals surface area contributed by atoms with Crippen molar-refractivity contribution in [3.8, 4) is 0 Å². The third kappa shape index (κ3) is 5.18. The molecule has 0 bridgehead atoms. The van der Waals surface area contributed by atoms with Gasteiger partial charge in [-0.05, 0) is 72.3 Å². The molecule has 3 aromatic rings. The van der Waals surface area contributed by atoms with E-state index in [2.05, 4.69) is 39.8 Å². The molecule has 36 heavy (non-hydrogen) atoms. The SMILES string of the molecule is CC(CO)N=C(N)c1c(Nc2ccc(C(=O)N3Cc4ccc(C(C)CCl)cc4C3C)cc2)s[nH]c1=O. The van der Waals surface area contributed by atoms with Gasteiger partial charge in [-0.2, -0.15) is 0 Å². The molecule has 1 aromatic heterocycles. The molecule has 1 aliphatic heterocycles. The Morgan fingerprint density at radius 1 is 1.31 bits per heavy atom. The molecule has 5 N–H and O–H groups in total. The molecule has 0 spiro atoms. The highest BCUT2D eigenvalue weighted by atomic mass is 35.5. The molecular weight excluding hydrogens is 498 g/mol. The summed E-state index contributed by atoms with van der Waals surface area (Å²) in [5.74, 6) is 0.823. The summed E-state index contributed by atoms with van der Waals surface area (Å²) in [6.07, 6.45) is 0. The second-order valence-corrected chi connectivity index (χ2v) is 10.2. The number of anilines is 2. The number of rotatable bonds is 8. The fourth-order valence-corrected chi connectivity index (χ4v) is 5.18. The Balaban J connectivity index is 1.49. The van der Waals surface area contributed by atoms with E-state index in [1.165, 1.54) is 11.1 Å². The van der Waals surface area contributed by atoms with Crippen LogP contribution in [0.1, 0.15) is 65.3 Å². The first-order chi connectivity index (χ1) is 17.2. The topological polar surface area (TPSA) is 124 Å². The van der Waals surface area contributed by atoms with E-state index in [0.29, 0.717) is 28.7 Å². The number of hydrogen-bond acceptors (Lipinski definition) is 6. The number of amidine groups is 1. The molecule has 0 radical (unpaired) electrons. The van der Waals surface area contributed by atoms with Gasteiger partial charge in [-0.15, -0.1) is 11.6 Å². The average Bonchev–Trinajstić information content (AvgIpc) is 3.42. The zero-order valence-electron chi connectivity index (χ0n) is 20.4. The number of aromatic nitrogens is 1. The third-order valence-corrected chi connectivity index (χ3v) is 7.72. The molecule has 190 valence electrons. The first kappa shape index (κ1) is 25.9. The number of alkyl halides is 1. The van der Waals surface area contributed by atoms with E-state index in [9.17, 15) is 14.7 Å². The normalized spacial score (nSPS) is 17.1. The van der Waals surface area contributed by atoms with Gasteiger partial charge < -0.3 is 21.1 Å². The van der Waals surface area contributed by atoms with Gasteiger partial charge in [0.15, 0.2) is 0 Å². The lowest BCUT2D eigenvalue weighted by molar-refractivity contribution is 0.0705. The lowest BCUT2D eigenvalue weighted by atomic mass is 9.96. The van der Waals surface area contributed by atoms with Gasteiger partial charge in [-0.1, -0.05) is 25.1 Å². The summed E-state index contributed by atoms with van der Waals surface area (Å²) in [4.78, 5) is 31.6. The largest absolute Gasteiger partial charge is 0.394 e. The first-order valence-electron chi connectivity index (χ1n) is 11.8. The van der Waals surface area contributed by atoms with Crippen molar-refractivity contribution in [1.29, 1.82) is 0 Å². The standard InChI is InChI=1S/C26H30ClN5O3S/c1-14(11-27)18-4-5-19-12-32(16(3)21(19)10-18)26(35)17-6-8-20(9-7-17)30-25-22(24(34)31-36-25)23(28)29-15(2)13-33/h4-10,14-16,30,33H,11-13H2,1-3H3,(H2,28,29)(H,31,34). The summed E-state index contributed by atoms with van der Waals surface area (Å²) in [6, 6.07) is 13.0. The number of halogens is 1. The number of carbonyl (C=O) groups excluding carboxylic acids is 1. The molecule has 0 fully saturated rings. The lowest BCUT2D eigenvalue weighted by Gasteiger charge is -2.22. The summed E-state index contributed by atoms with van der Waals surface area (Å²) >= 11 is 7.15. The fourth-order valence-electron chi connectivity index (χ4n) is 4.24. The summed E-state index contributed by atoms with van der Waals surface area (Å²) in [5, 5.41) is 12.9. The lowest BCUT2D eigenvalue weighted by Crippen LogP contribution is -2.28. The van der Waals surface area contributed by atoms with Crippen LogP contribution in [0.25, 0.3) is 0 Å². The number of nitrogens with two attached hydrogens (primary N) is 1. The van der Waals surface area contributed by atoms with Crippen LogP contribution in [-0.4, -0.2) is 44.7 Å². The van der Waals surface area contributed by atoms with E-state index < -0.39 is 6.04 Å². The van der Waals surface area contributed by atoms with E-state index in [4.69, 9.17) is 17.3 Å². The smallest absolute Gasteiger partial charge is 0.271 e. The zero-order chi connectivity index (χ0) is 26.0. The van der Waals surface area contributed by atoms with E-state index in [0.717, 1.165) is 17.1 Å². The maximum absolute atomic E-state index is 13.3. The molecule has 3 atom stereocenters. The minimum atomic E-state index is -0.420. The molecule has 0 aliphatic carbocycles. The van der Waals surface area contributed by atoms with Crippen LogP contribution in [0.15, 0.2) is 52.3 Å². The van der Waals surface area contributed by atoms with Crippen molar-refractivity contribution < 1.29 is 9.90 Å². The van der Waals surface area contributed by atoms with E-state index >= 15 is 0 Å². The number of H-pyrrole nitrogens is 1. The van der Waals surface area contributed by atoms with Crippen LogP contribution in [0.4, 0.5) is 10.7 Å². The number of aliphatic hydroxyl groups excluding tert-OH is 1. The number of fused-ring (bicyclic) bond motifs is 1. The Kier molecular flexibility index (Phi) is 7.82. The monoisotopic (exact) mass is 527 g/mol. The molecule has 1 amide bonds. The second-order valence-electron chi connectivity index (χ2n) is 9.11. The number of aliphatic hydroxyl groups is 1.